The van der Waals surface area contributed by atoms with Crippen LogP contribution in [0.3, 0.4) is 0 Å². The summed E-state index contributed by atoms with van der Waals surface area (Å²) >= 11 is 0. The quantitative estimate of drug-likeness (QED) is 0.0671. The van der Waals surface area contributed by atoms with Crippen LogP contribution in [0.5, 0.6) is 28.7 Å². The van der Waals surface area contributed by atoms with E-state index in [1.54, 1.807) is 48.5 Å². The van der Waals surface area contributed by atoms with Gasteiger partial charge in [0.1, 0.15) is 40.1 Å². The summed E-state index contributed by atoms with van der Waals surface area (Å²) in [5.74, 6) is -1.59. The van der Waals surface area contributed by atoms with Crippen molar-refractivity contribution < 1.29 is 152 Å². The molecule has 3 heterocycles. The van der Waals surface area contributed by atoms with Gasteiger partial charge in [0.2, 0.25) is 0 Å². The number of aliphatic carboxylic acids is 2. The first kappa shape index (κ1) is 55.4. The van der Waals surface area contributed by atoms with E-state index in [0.717, 1.165) is 36.1 Å². The van der Waals surface area contributed by atoms with Gasteiger partial charge in [-0.05, 0) is 84.3 Å². The summed E-state index contributed by atoms with van der Waals surface area (Å²) in [7, 11) is 0. The summed E-state index contributed by atoms with van der Waals surface area (Å²) in [6.45, 7) is 9.91. The number of phenols is 3. The van der Waals surface area contributed by atoms with E-state index in [1.165, 1.54) is 12.1 Å². The van der Waals surface area contributed by atoms with Crippen LogP contribution < -0.4 is 10.2 Å². The van der Waals surface area contributed by atoms with Crippen LogP contribution >= 0.6 is 0 Å². The number of rotatable bonds is 6. The monoisotopic (exact) mass is 1350 g/mol. The van der Waals surface area contributed by atoms with Gasteiger partial charge in [0.25, 0.3) is 11.9 Å². The number of esters is 1. The van der Waals surface area contributed by atoms with E-state index in [-0.39, 0.29) is 116 Å². The fraction of sp³-hybridized carbons (Fsp3) is 0.212. The number of aromatic hydroxyl groups is 3. The first-order valence-electron chi connectivity index (χ1n) is 21.1. The van der Waals surface area contributed by atoms with Gasteiger partial charge < -0.3 is 44.5 Å². The Bertz CT molecular complexity index is 3000. The minimum atomic E-state index is -1.19. The first-order chi connectivity index (χ1) is 31.4. The Morgan fingerprint density at radius 1 is 0.559 bits per heavy atom. The maximum absolute atomic E-state index is 12.8. The zero-order valence-electron chi connectivity index (χ0n) is 38.2. The number of carboxylic acid groups (broad SMARTS) is 3. The van der Waals surface area contributed by atoms with Crippen molar-refractivity contribution in [3.8, 4) is 51.2 Å². The molecule has 0 saturated carbocycles. The molecule has 0 atom stereocenters. The summed E-state index contributed by atoms with van der Waals surface area (Å²) in [6, 6.07) is 27.5. The topological polar surface area (TPSA) is 238 Å². The van der Waals surface area contributed by atoms with E-state index in [4.69, 9.17) is 33.7 Å². The number of phenolic OH excluding ortho intramolecular Hbond substituents is 3. The van der Waals surface area contributed by atoms with Gasteiger partial charge in [0, 0.05) is 165 Å². The summed E-state index contributed by atoms with van der Waals surface area (Å²) in [6.07, 6.45) is 2.41. The minimum absolute atomic E-state index is 0. The Hall–Kier alpha value is -5.25. The Kier molecular flexibility index (Phi) is 19.0. The molecule has 14 nitrogen and oxygen atoms in total. The summed E-state index contributed by atoms with van der Waals surface area (Å²) < 4.78 is 18.1. The second-order valence-electron chi connectivity index (χ2n) is 15.4. The van der Waals surface area contributed by atoms with Crippen molar-refractivity contribution in [2.24, 2.45) is 0 Å². The van der Waals surface area contributed by atoms with E-state index in [0.29, 0.717) is 92.9 Å². The summed E-state index contributed by atoms with van der Waals surface area (Å²) in [5, 5.41) is 56.4. The summed E-state index contributed by atoms with van der Waals surface area (Å²) in [4.78, 5) is 55.1. The van der Waals surface area contributed by atoms with E-state index in [2.05, 4.69) is 0 Å². The molecule has 4 aliphatic rings. The van der Waals surface area contributed by atoms with Crippen molar-refractivity contribution in [2.75, 3.05) is 0 Å². The molecule has 0 bridgehead atoms. The van der Waals surface area contributed by atoms with Gasteiger partial charge >= 0.3 is 11.9 Å². The maximum Gasteiger partial charge on any atom is 0.340 e. The second kappa shape index (κ2) is 23.4. The molecule has 3 aliphatic heterocycles. The molecule has 346 valence electrons. The predicted molar refractivity (Wildman–Crippen MR) is 245 cm³/mol. The molecule has 6 N–H and O–H groups in total. The van der Waals surface area contributed by atoms with E-state index < -0.39 is 29.5 Å². The molecule has 0 unspecified atom stereocenters. The maximum atomic E-state index is 12.8. The van der Waals surface area contributed by atoms with Crippen molar-refractivity contribution in [3.05, 3.63) is 157 Å². The molecular formula is C52H48Ac2O14. The molecule has 1 aliphatic carbocycles. The number of aryl methyl sites for hydroxylation is 4. The first-order valence-corrected chi connectivity index (χ1v) is 21.1. The molecule has 16 heteroatoms. The molecule has 1 spiro atoms. The Morgan fingerprint density at radius 2 is 1.03 bits per heavy atom. The third-order valence-electron chi connectivity index (χ3n) is 11.2. The van der Waals surface area contributed by atoms with E-state index in [1.807, 2.05) is 64.1 Å². The molecule has 2 radical (unpaired) electrons. The molecule has 0 saturated heterocycles. The van der Waals surface area contributed by atoms with Crippen molar-refractivity contribution in [2.45, 2.75) is 72.8 Å². The minimum Gasteiger partial charge on any atom is -0.508 e. The number of carbonyl (C=O) groups is 4. The SMILES string of the molecule is CC(=O)O.CC(=O)O.CCc1cc2c(-c3ccccc3C(=O)O)c3cc(CC)c(=O)cc-3oc2cc1O.CCc1cc2c(cc1O)Oc1cc(O)c(CC)cc1C21OC(=O)c2ccccc21.[Ac].[Ac]. The predicted octanol–water partition coefficient (Wildman–Crippen LogP) is 10.1. The molecule has 0 fully saturated rings. The van der Waals surface area contributed by atoms with Crippen LogP contribution in [-0.4, -0.2) is 54.5 Å². The molecule has 5 aromatic carbocycles. The van der Waals surface area contributed by atoms with Gasteiger partial charge in [-0.2, -0.15) is 0 Å². The van der Waals surface area contributed by atoms with Gasteiger partial charge in [-0.1, -0.05) is 64.1 Å². The van der Waals surface area contributed by atoms with Gasteiger partial charge in [-0.3, -0.25) is 14.4 Å². The number of fused-ring (bicyclic) bond motifs is 8. The van der Waals surface area contributed by atoms with Crippen LogP contribution in [0.4, 0.5) is 0 Å². The van der Waals surface area contributed by atoms with Crippen LogP contribution in [0, 0.1) is 88.1 Å². The standard InChI is InChI=1S/2C24H20O5.2C2H4O2.2Ac/c1-3-13-9-17-21(11-19(13)25)28-22-12-20(26)14(4-2)10-18(22)24(17)16-8-6-5-7-15(16)23(27)29-24;1-3-13-9-17-21(11-19(13)25)29-22-12-20(26)14(4-2)10-18(22)23(17)15-7-5-6-8-16(15)24(27)28;2*1-2(3)4;;/h5-12,25-26H,3-4H2,1-2H3;5-12,25H,3-4H2,1-2H3,(H,27,28);2*1H3,(H,3,4);;. The smallest absolute Gasteiger partial charge is 0.340 e. The fourth-order valence-electron chi connectivity index (χ4n) is 8.17. The van der Waals surface area contributed by atoms with Crippen LogP contribution in [0.25, 0.3) is 33.4 Å². The molecular weight excluding hydrogens is 1300 g/mol. The van der Waals surface area contributed by atoms with E-state index in [9.17, 15) is 34.8 Å². The normalized spacial score (nSPS) is 12.1. The van der Waals surface area contributed by atoms with Gasteiger partial charge in [-0.25, -0.2) is 9.59 Å². The number of carboxylic acids is 3. The Balaban J connectivity index is 0.000000250. The third-order valence-corrected chi connectivity index (χ3v) is 11.2. The number of hydrogen-bond acceptors (Lipinski definition) is 11. The van der Waals surface area contributed by atoms with Crippen molar-refractivity contribution in [1.29, 1.82) is 0 Å². The van der Waals surface area contributed by atoms with E-state index >= 15 is 0 Å². The fourth-order valence-corrected chi connectivity index (χ4v) is 8.17. The average molecular weight is 1350 g/mol. The van der Waals surface area contributed by atoms with Gasteiger partial charge in [0.15, 0.2) is 11.0 Å². The molecule has 9 rings (SSSR count). The summed E-state index contributed by atoms with van der Waals surface area (Å²) in [5.41, 5.74) is 6.57. The van der Waals surface area contributed by atoms with Gasteiger partial charge in [0.05, 0.1) is 11.1 Å². The average Bonchev–Trinajstić information content (AvgIpc) is 3.56. The van der Waals surface area contributed by atoms with Gasteiger partial charge in [-0.15, -0.1) is 0 Å². The molecule has 0 amide bonds. The second-order valence-corrected chi connectivity index (χ2v) is 15.4. The van der Waals surface area contributed by atoms with Crippen LogP contribution in [0.1, 0.15) is 101 Å². The van der Waals surface area contributed by atoms with Crippen molar-refractivity contribution in [3.63, 3.8) is 0 Å². The Labute approximate surface area is 463 Å². The number of carbonyl (C=O) groups excluding carboxylic acids is 1. The third kappa shape index (κ3) is 11.1. The molecule has 5 aromatic rings. The molecule has 0 aromatic heterocycles. The van der Waals surface area contributed by atoms with Crippen LogP contribution in [0.15, 0.2) is 106 Å². The molecule has 68 heavy (non-hydrogen) atoms. The number of hydrogen-bond donors (Lipinski definition) is 6. The number of aromatic carboxylic acids is 1. The van der Waals surface area contributed by atoms with Crippen LogP contribution in [0.2, 0.25) is 0 Å². The van der Waals surface area contributed by atoms with Crippen molar-refractivity contribution in [1.82, 2.24) is 0 Å². The van der Waals surface area contributed by atoms with Crippen molar-refractivity contribution >= 4 is 34.8 Å². The Morgan fingerprint density at radius 3 is 1.54 bits per heavy atom. The zero-order chi connectivity index (χ0) is 48.2. The number of benzene rings is 6. The van der Waals surface area contributed by atoms with Crippen LogP contribution in [-0.2, 0) is 45.6 Å². The largest absolute Gasteiger partial charge is 0.508 e. The zero-order valence-corrected chi connectivity index (χ0v) is 47.7. The number of ether oxygens (including phenoxy) is 2.